The normalized spacial score (nSPS) is 21.4. The van der Waals surface area contributed by atoms with E-state index >= 15 is 0 Å². The van der Waals surface area contributed by atoms with Gasteiger partial charge in [0.2, 0.25) is 0 Å². The van der Waals surface area contributed by atoms with Crippen LogP contribution in [-0.2, 0) is 9.84 Å². The molecular formula is C12H16BrNO2S. The zero-order valence-corrected chi connectivity index (χ0v) is 12.1. The highest BCUT2D eigenvalue weighted by molar-refractivity contribution is 9.10. The Morgan fingerprint density at radius 2 is 2.12 bits per heavy atom. The van der Waals surface area contributed by atoms with E-state index in [1.807, 2.05) is 6.07 Å². The molecule has 1 heterocycles. The first kappa shape index (κ1) is 13.1. The number of hydrogen-bond donors (Lipinski definition) is 1. The van der Waals surface area contributed by atoms with Crippen LogP contribution >= 0.6 is 15.9 Å². The minimum absolute atomic E-state index is 0.396. The van der Waals surface area contributed by atoms with Crippen LogP contribution in [0.4, 0.5) is 0 Å². The summed E-state index contributed by atoms with van der Waals surface area (Å²) in [6, 6.07) is 5.49. The summed E-state index contributed by atoms with van der Waals surface area (Å²) in [5, 5.41) is 3.35. The standard InChI is InChI=1S/C12H16BrNO2S/c1-17(15,16)12-6-10(5-11(13)7-12)9-3-2-4-14-8-9/h5-7,9,14H,2-4,8H2,1H3. The third-order valence-electron chi connectivity index (χ3n) is 3.09. The van der Waals surface area contributed by atoms with E-state index in [1.165, 1.54) is 6.26 Å². The van der Waals surface area contributed by atoms with Gasteiger partial charge in [0.1, 0.15) is 0 Å². The summed E-state index contributed by atoms with van der Waals surface area (Å²) in [5.41, 5.74) is 1.10. The first-order chi connectivity index (χ1) is 7.97. The number of hydrogen-bond acceptors (Lipinski definition) is 3. The molecule has 94 valence electrons. The fourth-order valence-electron chi connectivity index (χ4n) is 2.17. The Morgan fingerprint density at radius 3 is 2.71 bits per heavy atom. The number of sulfone groups is 1. The highest BCUT2D eigenvalue weighted by Crippen LogP contribution is 2.28. The first-order valence-electron chi connectivity index (χ1n) is 5.68. The molecule has 0 saturated carbocycles. The van der Waals surface area contributed by atoms with Crippen molar-refractivity contribution in [3.8, 4) is 0 Å². The molecule has 0 aromatic heterocycles. The van der Waals surface area contributed by atoms with Gasteiger partial charge in [-0.15, -0.1) is 0 Å². The van der Waals surface area contributed by atoms with E-state index in [2.05, 4.69) is 21.2 Å². The molecule has 1 unspecified atom stereocenters. The predicted molar refractivity (Wildman–Crippen MR) is 72.1 cm³/mol. The van der Waals surface area contributed by atoms with Crippen LogP contribution in [0.25, 0.3) is 0 Å². The summed E-state index contributed by atoms with van der Waals surface area (Å²) < 4.78 is 24.0. The first-order valence-corrected chi connectivity index (χ1v) is 8.36. The second-order valence-corrected chi connectivity index (χ2v) is 7.47. The van der Waals surface area contributed by atoms with Crippen molar-refractivity contribution in [3.63, 3.8) is 0 Å². The summed E-state index contributed by atoms with van der Waals surface area (Å²) >= 11 is 3.39. The van der Waals surface area contributed by atoms with E-state index in [1.54, 1.807) is 12.1 Å². The zero-order valence-electron chi connectivity index (χ0n) is 9.74. The molecule has 0 aliphatic carbocycles. The van der Waals surface area contributed by atoms with Crippen molar-refractivity contribution in [3.05, 3.63) is 28.2 Å². The summed E-state index contributed by atoms with van der Waals surface area (Å²) in [6.45, 7) is 1.99. The third-order valence-corrected chi connectivity index (χ3v) is 4.64. The van der Waals surface area contributed by atoms with E-state index in [0.29, 0.717) is 10.8 Å². The Labute approximate surface area is 111 Å². The third kappa shape index (κ3) is 3.30. The minimum atomic E-state index is -3.14. The van der Waals surface area contributed by atoms with Crippen molar-refractivity contribution < 1.29 is 8.42 Å². The molecule has 0 amide bonds. The Bertz CT molecular complexity index is 507. The highest BCUT2D eigenvalue weighted by Gasteiger charge is 2.18. The maximum absolute atomic E-state index is 11.6. The van der Waals surface area contributed by atoms with Gasteiger partial charge < -0.3 is 5.32 Å². The van der Waals surface area contributed by atoms with Crippen LogP contribution in [0.5, 0.6) is 0 Å². The van der Waals surface area contributed by atoms with E-state index < -0.39 is 9.84 Å². The molecule has 1 N–H and O–H groups in total. The van der Waals surface area contributed by atoms with E-state index in [4.69, 9.17) is 0 Å². The smallest absolute Gasteiger partial charge is 0.175 e. The van der Waals surface area contributed by atoms with Gasteiger partial charge in [-0.25, -0.2) is 8.42 Å². The van der Waals surface area contributed by atoms with Crippen molar-refractivity contribution in [1.82, 2.24) is 5.32 Å². The topological polar surface area (TPSA) is 46.2 Å². The van der Waals surface area contributed by atoms with Gasteiger partial charge in [-0.1, -0.05) is 15.9 Å². The number of nitrogens with one attached hydrogen (secondary N) is 1. The minimum Gasteiger partial charge on any atom is -0.316 e. The largest absolute Gasteiger partial charge is 0.316 e. The maximum Gasteiger partial charge on any atom is 0.175 e. The molecule has 5 heteroatoms. The molecule has 1 aromatic rings. The van der Waals surface area contributed by atoms with Gasteiger partial charge in [-0.3, -0.25) is 0 Å². The van der Waals surface area contributed by atoms with Crippen molar-refractivity contribution in [1.29, 1.82) is 0 Å². The molecule has 1 aliphatic heterocycles. The lowest BCUT2D eigenvalue weighted by Gasteiger charge is -2.23. The maximum atomic E-state index is 11.6. The van der Waals surface area contributed by atoms with Gasteiger partial charge in [0.15, 0.2) is 9.84 Å². The van der Waals surface area contributed by atoms with E-state index in [-0.39, 0.29) is 0 Å². The van der Waals surface area contributed by atoms with Gasteiger partial charge >= 0.3 is 0 Å². The fraction of sp³-hybridized carbons (Fsp3) is 0.500. The van der Waals surface area contributed by atoms with Crippen molar-refractivity contribution in [2.24, 2.45) is 0 Å². The Morgan fingerprint density at radius 1 is 1.35 bits per heavy atom. The molecule has 17 heavy (non-hydrogen) atoms. The average Bonchev–Trinajstić information content (AvgIpc) is 2.28. The number of piperidine rings is 1. The van der Waals surface area contributed by atoms with Crippen molar-refractivity contribution in [2.45, 2.75) is 23.7 Å². The van der Waals surface area contributed by atoms with E-state index in [0.717, 1.165) is 36.0 Å². The molecule has 2 rings (SSSR count). The SMILES string of the molecule is CS(=O)(=O)c1cc(Br)cc(C2CCCNC2)c1. The van der Waals surface area contributed by atoms with Gasteiger partial charge in [-0.2, -0.15) is 0 Å². The van der Waals surface area contributed by atoms with Crippen LogP contribution in [0.15, 0.2) is 27.6 Å². The van der Waals surface area contributed by atoms with Crippen LogP contribution in [0.2, 0.25) is 0 Å². The number of halogens is 1. The molecule has 1 atom stereocenters. The summed E-state index contributed by atoms with van der Waals surface area (Å²) in [7, 11) is -3.14. The molecule has 1 aromatic carbocycles. The van der Waals surface area contributed by atoms with E-state index in [9.17, 15) is 8.42 Å². The van der Waals surface area contributed by atoms with Crippen LogP contribution in [0.1, 0.15) is 24.3 Å². The molecular weight excluding hydrogens is 302 g/mol. The fourth-order valence-corrected chi connectivity index (χ4v) is 3.52. The average molecular weight is 318 g/mol. The van der Waals surface area contributed by atoms with Crippen molar-refractivity contribution >= 4 is 25.8 Å². The lowest BCUT2D eigenvalue weighted by Crippen LogP contribution is -2.28. The lowest BCUT2D eigenvalue weighted by molar-refractivity contribution is 0.461. The van der Waals surface area contributed by atoms with Gasteiger partial charge in [-0.05, 0) is 49.1 Å². The molecule has 0 bridgehead atoms. The molecule has 0 radical (unpaired) electrons. The van der Waals surface area contributed by atoms with Crippen molar-refractivity contribution in [2.75, 3.05) is 19.3 Å². The Hall–Kier alpha value is -0.390. The molecule has 1 fully saturated rings. The van der Waals surface area contributed by atoms with Gasteiger partial charge in [0.05, 0.1) is 4.90 Å². The second-order valence-electron chi connectivity index (χ2n) is 4.54. The zero-order chi connectivity index (χ0) is 12.5. The van der Waals surface area contributed by atoms with Crippen LogP contribution < -0.4 is 5.32 Å². The second kappa shape index (κ2) is 5.08. The number of benzene rings is 1. The van der Waals surface area contributed by atoms with Crippen LogP contribution in [0.3, 0.4) is 0 Å². The molecule has 1 aliphatic rings. The molecule has 0 spiro atoms. The summed E-state index contributed by atoms with van der Waals surface area (Å²) in [5.74, 6) is 0.418. The molecule has 1 saturated heterocycles. The summed E-state index contributed by atoms with van der Waals surface area (Å²) in [4.78, 5) is 0.396. The van der Waals surface area contributed by atoms with Crippen LogP contribution in [0, 0.1) is 0 Å². The Kier molecular flexibility index (Phi) is 3.90. The monoisotopic (exact) mass is 317 g/mol. The predicted octanol–water partition coefficient (Wildman–Crippen LogP) is 2.32. The van der Waals surface area contributed by atoms with Gasteiger partial charge in [0.25, 0.3) is 0 Å². The highest BCUT2D eigenvalue weighted by atomic mass is 79.9. The van der Waals surface area contributed by atoms with Gasteiger partial charge in [0, 0.05) is 17.3 Å². The number of rotatable bonds is 2. The lowest BCUT2D eigenvalue weighted by atomic mass is 9.92. The van der Waals surface area contributed by atoms with Crippen LogP contribution in [-0.4, -0.2) is 27.8 Å². The Balaban J connectivity index is 2.37. The quantitative estimate of drug-likeness (QED) is 0.910. The molecule has 3 nitrogen and oxygen atoms in total. The summed E-state index contributed by atoms with van der Waals surface area (Å²) in [6.07, 6.45) is 3.51.